The fourth-order valence-corrected chi connectivity index (χ4v) is 2.44. The van der Waals surface area contributed by atoms with E-state index in [1.807, 2.05) is 72.8 Å². The minimum atomic E-state index is 0. The van der Waals surface area contributed by atoms with Crippen molar-refractivity contribution in [1.29, 1.82) is 0 Å². The van der Waals surface area contributed by atoms with E-state index in [0.717, 1.165) is 33.7 Å². The number of hydrogen-bond acceptors (Lipinski definition) is 2. The van der Waals surface area contributed by atoms with Crippen LogP contribution in [0.2, 0.25) is 0 Å². The Hall–Kier alpha value is -2.10. The first kappa shape index (κ1) is 16.8. The molecular weight excluding hydrogens is 371 g/mol. The molecule has 4 aromatic rings. The van der Waals surface area contributed by atoms with Gasteiger partial charge >= 0.3 is 0 Å². The van der Waals surface area contributed by atoms with E-state index in [9.17, 15) is 0 Å². The predicted molar refractivity (Wildman–Crippen MR) is 93.0 cm³/mol. The molecule has 0 unspecified atom stereocenters. The third kappa shape index (κ3) is 3.53. The van der Waals surface area contributed by atoms with E-state index >= 15 is 0 Å². The summed E-state index contributed by atoms with van der Waals surface area (Å²) in [6.45, 7) is 0. The molecule has 3 aromatic carbocycles. The van der Waals surface area contributed by atoms with Gasteiger partial charge in [0.1, 0.15) is 0 Å². The second-order valence-electron chi connectivity index (χ2n) is 5.12. The first-order valence-corrected chi connectivity index (χ1v) is 7.38. The van der Waals surface area contributed by atoms with Gasteiger partial charge in [-0.3, -0.25) is 0 Å². The third-order valence-electron chi connectivity index (χ3n) is 3.56. The number of benzene rings is 3. The van der Waals surface area contributed by atoms with Gasteiger partial charge in [-0.2, -0.15) is 24.3 Å². The van der Waals surface area contributed by atoms with E-state index in [1.165, 1.54) is 0 Å². The summed E-state index contributed by atoms with van der Waals surface area (Å²) in [7, 11) is 0. The maximum absolute atomic E-state index is 4.65. The van der Waals surface area contributed by atoms with Crippen molar-refractivity contribution in [1.82, 2.24) is 9.97 Å². The van der Waals surface area contributed by atoms with Gasteiger partial charge in [-0.15, -0.1) is 23.4 Å². The minimum Gasteiger partial charge on any atom is -0.378 e. The Balaban J connectivity index is 0.00000169. The van der Waals surface area contributed by atoms with Crippen LogP contribution in [0.4, 0.5) is 5.69 Å². The van der Waals surface area contributed by atoms with Crippen molar-refractivity contribution in [3.05, 3.63) is 84.4 Å². The average Bonchev–Trinajstić information content (AvgIpc) is 3.05. The van der Waals surface area contributed by atoms with Crippen LogP contribution in [-0.4, -0.2) is 16.2 Å². The molecule has 1 heterocycles. The van der Waals surface area contributed by atoms with Crippen LogP contribution in [0.15, 0.2) is 77.8 Å². The van der Waals surface area contributed by atoms with Crippen molar-refractivity contribution in [3.63, 3.8) is 0 Å². The second kappa shape index (κ2) is 7.65. The zero-order valence-corrected chi connectivity index (χ0v) is 15.7. The largest absolute Gasteiger partial charge is 0.378 e. The number of aliphatic imine (C=N–C) groups is 1. The molecule has 24 heavy (non-hydrogen) atoms. The van der Waals surface area contributed by atoms with Crippen molar-refractivity contribution >= 4 is 22.9 Å². The van der Waals surface area contributed by atoms with Gasteiger partial charge in [-0.25, -0.2) is 11.1 Å². The topological polar surface area (TPSA) is 41.0 Å². The molecule has 0 aliphatic carbocycles. The molecule has 1 aromatic heterocycles. The molecule has 0 saturated carbocycles. The number of imidazole rings is 1. The molecule has 4 rings (SSSR count). The van der Waals surface area contributed by atoms with Crippen LogP contribution in [0.3, 0.4) is 0 Å². The minimum absolute atomic E-state index is 0. The summed E-state index contributed by atoms with van der Waals surface area (Å²) in [6.07, 6.45) is 3.11. The molecule has 0 fully saturated rings. The van der Waals surface area contributed by atoms with Gasteiger partial charge in [0.2, 0.25) is 0 Å². The zero-order valence-electron chi connectivity index (χ0n) is 12.9. The molecule has 0 bridgehead atoms. The number of aromatic amines is 1. The van der Waals surface area contributed by atoms with Crippen LogP contribution in [-0.2, 0) is 32.7 Å². The van der Waals surface area contributed by atoms with E-state index in [4.69, 9.17) is 0 Å². The van der Waals surface area contributed by atoms with Gasteiger partial charge in [-0.1, -0.05) is 29.8 Å². The maximum atomic E-state index is 4.65. The van der Waals surface area contributed by atoms with E-state index in [0.29, 0.717) is 0 Å². The molecular formula is C20H13N3Y-2. The molecule has 3 nitrogen and oxygen atoms in total. The number of nitrogens with zero attached hydrogens (tertiary/aromatic N) is 2. The Morgan fingerprint density at radius 3 is 2.54 bits per heavy atom. The zero-order chi connectivity index (χ0) is 15.5. The van der Waals surface area contributed by atoms with Crippen LogP contribution >= 0.6 is 0 Å². The normalized spacial score (nSPS) is 10.8. The molecule has 113 valence electrons. The molecule has 0 aliphatic rings. The van der Waals surface area contributed by atoms with Gasteiger partial charge in [0, 0.05) is 32.7 Å². The number of nitrogens with one attached hydrogen (secondary N) is 1. The first-order chi connectivity index (χ1) is 11.4. The molecule has 0 spiro atoms. The summed E-state index contributed by atoms with van der Waals surface area (Å²) in [5, 5.41) is 0. The fraction of sp³-hybridized carbons (Fsp3) is 0. The van der Waals surface area contributed by atoms with Crippen LogP contribution in [0.5, 0.6) is 0 Å². The Morgan fingerprint density at radius 2 is 1.71 bits per heavy atom. The standard InChI is InChI=1S/C20H13N3.Y/c1-2-9-16(10-3-1)21-14-15-8-4-5-11-17(15)20-22-18-12-6-7-13-19(18)23-20;/h1-9,11-13H,(H,22,23);/q-2;. The van der Waals surface area contributed by atoms with E-state index in [2.05, 4.69) is 27.2 Å². The summed E-state index contributed by atoms with van der Waals surface area (Å²) in [6, 6.07) is 26.6. The van der Waals surface area contributed by atoms with Gasteiger partial charge in [0.05, 0.1) is 16.9 Å². The molecule has 1 N–H and O–H groups in total. The van der Waals surface area contributed by atoms with Crippen molar-refractivity contribution in [2.45, 2.75) is 0 Å². The number of fused-ring (bicyclic) bond motifs is 1. The van der Waals surface area contributed by atoms with Gasteiger partial charge < -0.3 is 9.98 Å². The molecule has 0 saturated heterocycles. The van der Waals surface area contributed by atoms with Crippen LogP contribution in [0.1, 0.15) is 5.56 Å². The van der Waals surface area contributed by atoms with Gasteiger partial charge in [0.15, 0.2) is 0 Å². The Morgan fingerprint density at radius 1 is 0.917 bits per heavy atom. The number of aromatic nitrogens is 2. The van der Waals surface area contributed by atoms with Gasteiger partial charge in [0.25, 0.3) is 0 Å². The van der Waals surface area contributed by atoms with Crippen molar-refractivity contribution in [2.75, 3.05) is 0 Å². The van der Waals surface area contributed by atoms with E-state index < -0.39 is 0 Å². The Labute approximate surface area is 165 Å². The number of rotatable bonds is 3. The van der Waals surface area contributed by atoms with E-state index in [1.54, 1.807) is 0 Å². The summed E-state index contributed by atoms with van der Waals surface area (Å²) in [4.78, 5) is 12.4. The summed E-state index contributed by atoms with van der Waals surface area (Å²) in [5.41, 5.74) is 4.59. The predicted octanol–water partition coefficient (Wildman–Crippen LogP) is 4.66. The Bertz CT molecular complexity index is 941. The van der Waals surface area contributed by atoms with E-state index in [-0.39, 0.29) is 32.7 Å². The third-order valence-corrected chi connectivity index (χ3v) is 3.56. The fourth-order valence-electron chi connectivity index (χ4n) is 2.44. The first-order valence-electron chi connectivity index (χ1n) is 7.38. The molecule has 0 atom stereocenters. The van der Waals surface area contributed by atoms with Gasteiger partial charge in [-0.05, 0) is 18.3 Å². The van der Waals surface area contributed by atoms with Crippen molar-refractivity contribution in [3.8, 4) is 11.4 Å². The SMILES string of the molecule is [C-](=Nc1[c-]cccc1)c1ccccc1-c1nc2ccccc2[nH]1.[Y]. The van der Waals surface area contributed by atoms with Crippen molar-refractivity contribution in [2.24, 2.45) is 4.99 Å². The molecule has 0 amide bonds. The average molecular weight is 384 g/mol. The smallest absolute Gasteiger partial charge is 0.0958 e. The maximum Gasteiger partial charge on any atom is 0.0958 e. The number of H-pyrrole nitrogens is 1. The molecule has 1 radical (unpaired) electrons. The number of hydrogen-bond donors (Lipinski definition) is 1. The van der Waals surface area contributed by atoms with Crippen LogP contribution in [0.25, 0.3) is 22.4 Å². The van der Waals surface area contributed by atoms with Crippen LogP contribution in [0, 0.1) is 6.07 Å². The summed E-state index contributed by atoms with van der Waals surface area (Å²) >= 11 is 0. The monoisotopic (exact) mass is 384 g/mol. The quantitative estimate of drug-likeness (QED) is 0.405. The summed E-state index contributed by atoms with van der Waals surface area (Å²) < 4.78 is 0. The summed E-state index contributed by atoms with van der Waals surface area (Å²) in [5.74, 6) is 0.821. The second-order valence-corrected chi connectivity index (χ2v) is 5.12. The van der Waals surface area contributed by atoms with Crippen LogP contribution < -0.4 is 0 Å². The Kier molecular flexibility index (Phi) is 5.34. The molecule has 4 heteroatoms. The van der Waals surface area contributed by atoms with Crippen molar-refractivity contribution < 1.29 is 32.7 Å². The molecule has 0 aliphatic heterocycles. The number of para-hydroxylation sites is 3.